The van der Waals surface area contributed by atoms with E-state index < -0.39 is 6.03 Å². The van der Waals surface area contributed by atoms with Crippen LogP contribution in [0.4, 0.5) is 10.5 Å². The molecule has 0 atom stereocenters. The Balaban J connectivity index is 2.74. The van der Waals surface area contributed by atoms with E-state index in [0.29, 0.717) is 0 Å². The van der Waals surface area contributed by atoms with Gasteiger partial charge in [-0.3, -0.25) is 0 Å². The van der Waals surface area contributed by atoms with E-state index in [2.05, 4.69) is 5.32 Å². The zero-order valence-electron chi connectivity index (χ0n) is 5.55. The third kappa shape index (κ3) is 1.48. The van der Waals surface area contributed by atoms with Crippen molar-refractivity contribution in [2.45, 2.75) is 6.92 Å². The first-order valence-electron chi connectivity index (χ1n) is 2.79. The highest BCUT2D eigenvalue weighted by molar-refractivity contribution is 7.08. The van der Waals surface area contributed by atoms with E-state index in [0.717, 1.165) is 11.3 Å². The van der Waals surface area contributed by atoms with Gasteiger partial charge in [-0.05, 0) is 17.9 Å². The third-order valence-corrected chi connectivity index (χ3v) is 1.97. The number of carbonyl (C=O) groups excluding carboxylic acids is 1. The highest BCUT2D eigenvalue weighted by Crippen LogP contribution is 2.18. The minimum absolute atomic E-state index is 0.512. The Labute approximate surface area is 62.9 Å². The summed E-state index contributed by atoms with van der Waals surface area (Å²) in [6, 6.07) is -0.512. The SMILES string of the molecule is Cc1cscc1NC(N)=O. The molecule has 0 saturated heterocycles. The number of primary amides is 1. The molecular weight excluding hydrogens is 148 g/mol. The van der Waals surface area contributed by atoms with Crippen LogP contribution in [-0.2, 0) is 0 Å². The number of urea groups is 1. The lowest BCUT2D eigenvalue weighted by Gasteiger charge is -1.97. The summed E-state index contributed by atoms with van der Waals surface area (Å²) in [4.78, 5) is 10.3. The normalized spacial score (nSPS) is 9.30. The molecule has 0 fully saturated rings. The van der Waals surface area contributed by atoms with E-state index >= 15 is 0 Å². The fraction of sp³-hybridized carbons (Fsp3) is 0.167. The fourth-order valence-corrected chi connectivity index (χ4v) is 1.40. The van der Waals surface area contributed by atoms with Crippen LogP contribution in [0.25, 0.3) is 0 Å². The summed E-state index contributed by atoms with van der Waals surface area (Å²) in [5.74, 6) is 0. The molecule has 0 unspecified atom stereocenters. The molecule has 0 aliphatic carbocycles. The molecule has 10 heavy (non-hydrogen) atoms. The Kier molecular flexibility index (Phi) is 1.91. The van der Waals surface area contributed by atoms with Crippen LogP contribution in [0.2, 0.25) is 0 Å². The molecule has 3 N–H and O–H groups in total. The number of anilines is 1. The van der Waals surface area contributed by atoms with Gasteiger partial charge in [0.2, 0.25) is 0 Å². The topological polar surface area (TPSA) is 55.1 Å². The second kappa shape index (κ2) is 2.70. The minimum atomic E-state index is -0.512. The molecule has 1 aromatic rings. The number of carbonyl (C=O) groups is 1. The molecule has 1 rings (SSSR count). The number of hydrogen-bond acceptors (Lipinski definition) is 2. The van der Waals surface area contributed by atoms with E-state index in [1.54, 1.807) is 0 Å². The Morgan fingerprint density at radius 1 is 1.70 bits per heavy atom. The van der Waals surface area contributed by atoms with Crippen molar-refractivity contribution in [1.29, 1.82) is 0 Å². The third-order valence-electron chi connectivity index (χ3n) is 1.11. The second-order valence-corrected chi connectivity index (χ2v) is 2.70. The van der Waals surface area contributed by atoms with E-state index in [1.165, 1.54) is 11.3 Å². The number of rotatable bonds is 1. The zero-order valence-corrected chi connectivity index (χ0v) is 6.37. The first-order valence-corrected chi connectivity index (χ1v) is 3.73. The minimum Gasteiger partial charge on any atom is -0.351 e. The van der Waals surface area contributed by atoms with Gasteiger partial charge in [0.1, 0.15) is 0 Å². The molecule has 0 spiro atoms. The van der Waals surface area contributed by atoms with E-state index in [1.807, 2.05) is 17.7 Å². The van der Waals surface area contributed by atoms with E-state index in [9.17, 15) is 4.79 Å². The van der Waals surface area contributed by atoms with Gasteiger partial charge in [0.15, 0.2) is 0 Å². The zero-order chi connectivity index (χ0) is 7.56. The summed E-state index contributed by atoms with van der Waals surface area (Å²) in [5, 5.41) is 6.30. The number of aryl methyl sites for hydroxylation is 1. The molecule has 0 bridgehead atoms. The van der Waals surface area contributed by atoms with Crippen LogP contribution in [0.15, 0.2) is 10.8 Å². The molecule has 3 nitrogen and oxygen atoms in total. The van der Waals surface area contributed by atoms with Gasteiger partial charge in [-0.25, -0.2) is 4.79 Å². The maximum atomic E-state index is 10.3. The maximum Gasteiger partial charge on any atom is 0.316 e. The van der Waals surface area contributed by atoms with Gasteiger partial charge < -0.3 is 11.1 Å². The molecule has 0 aliphatic heterocycles. The number of nitrogens with one attached hydrogen (secondary N) is 1. The van der Waals surface area contributed by atoms with Crippen molar-refractivity contribution in [1.82, 2.24) is 0 Å². The van der Waals surface area contributed by atoms with Crippen molar-refractivity contribution in [2.24, 2.45) is 5.73 Å². The largest absolute Gasteiger partial charge is 0.351 e. The van der Waals surface area contributed by atoms with Gasteiger partial charge in [-0.2, -0.15) is 0 Å². The number of hydrogen-bond donors (Lipinski definition) is 2. The Hall–Kier alpha value is -1.03. The van der Waals surface area contributed by atoms with Gasteiger partial charge in [-0.15, -0.1) is 11.3 Å². The molecule has 0 aliphatic rings. The molecule has 1 aromatic heterocycles. The molecule has 54 valence electrons. The Morgan fingerprint density at radius 2 is 2.40 bits per heavy atom. The lowest BCUT2D eigenvalue weighted by molar-refractivity contribution is 0.259. The summed E-state index contributed by atoms with van der Waals surface area (Å²) >= 11 is 1.54. The van der Waals surface area contributed by atoms with E-state index in [-0.39, 0.29) is 0 Å². The first kappa shape index (κ1) is 7.08. The molecule has 1 heterocycles. The molecule has 0 saturated carbocycles. The van der Waals surface area contributed by atoms with Crippen molar-refractivity contribution >= 4 is 23.1 Å². The Morgan fingerprint density at radius 3 is 2.80 bits per heavy atom. The van der Waals surface area contributed by atoms with Gasteiger partial charge >= 0.3 is 6.03 Å². The monoisotopic (exact) mass is 156 g/mol. The lowest BCUT2D eigenvalue weighted by Crippen LogP contribution is -2.19. The summed E-state index contributed by atoms with van der Waals surface area (Å²) < 4.78 is 0. The van der Waals surface area contributed by atoms with Crippen LogP contribution in [0, 0.1) is 6.92 Å². The predicted octanol–water partition coefficient (Wildman–Crippen LogP) is 1.55. The van der Waals surface area contributed by atoms with Gasteiger partial charge in [-0.1, -0.05) is 0 Å². The van der Waals surface area contributed by atoms with Crippen molar-refractivity contribution in [2.75, 3.05) is 5.32 Å². The molecule has 0 radical (unpaired) electrons. The molecule has 4 heteroatoms. The van der Waals surface area contributed by atoms with E-state index in [4.69, 9.17) is 5.73 Å². The fourth-order valence-electron chi connectivity index (χ4n) is 0.621. The van der Waals surface area contributed by atoms with Crippen LogP contribution in [0.3, 0.4) is 0 Å². The quantitative estimate of drug-likeness (QED) is 0.636. The van der Waals surface area contributed by atoms with Gasteiger partial charge in [0.25, 0.3) is 0 Å². The van der Waals surface area contributed by atoms with Crippen molar-refractivity contribution in [3.05, 3.63) is 16.3 Å². The Bertz CT molecular complexity index is 244. The summed E-state index contributed by atoms with van der Waals surface area (Å²) in [5.41, 5.74) is 6.76. The van der Waals surface area contributed by atoms with Gasteiger partial charge in [0.05, 0.1) is 5.69 Å². The standard InChI is InChI=1S/C6H8N2OS/c1-4-2-10-3-5(4)8-6(7)9/h2-3H,1H3,(H3,7,8,9). The van der Waals surface area contributed by atoms with Crippen LogP contribution in [0.5, 0.6) is 0 Å². The van der Waals surface area contributed by atoms with Crippen LogP contribution in [0.1, 0.15) is 5.56 Å². The average molecular weight is 156 g/mol. The first-order chi connectivity index (χ1) is 4.70. The van der Waals surface area contributed by atoms with Crippen molar-refractivity contribution < 1.29 is 4.79 Å². The number of amides is 2. The van der Waals surface area contributed by atoms with Crippen molar-refractivity contribution in [3.8, 4) is 0 Å². The summed E-state index contributed by atoms with van der Waals surface area (Å²) in [7, 11) is 0. The van der Waals surface area contributed by atoms with Crippen molar-refractivity contribution in [3.63, 3.8) is 0 Å². The van der Waals surface area contributed by atoms with Crippen LogP contribution < -0.4 is 11.1 Å². The average Bonchev–Trinajstić information content (AvgIpc) is 2.15. The maximum absolute atomic E-state index is 10.3. The van der Waals surface area contributed by atoms with Crippen LogP contribution in [-0.4, -0.2) is 6.03 Å². The highest BCUT2D eigenvalue weighted by atomic mass is 32.1. The number of nitrogens with two attached hydrogens (primary N) is 1. The summed E-state index contributed by atoms with van der Waals surface area (Å²) in [6.45, 7) is 1.92. The summed E-state index contributed by atoms with van der Waals surface area (Å²) in [6.07, 6.45) is 0. The highest BCUT2D eigenvalue weighted by Gasteiger charge is 1.99. The molecule has 0 aromatic carbocycles. The molecule has 2 amide bonds. The molecular formula is C6H8N2OS. The van der Waals surface area contributed by atoms with Crippen LogP contribution >= 0.6 is 11.3 Å². The lowest BCUT2D eigenvalue weighted by atomic mass is 10.3. The van der Waals surface area contributed by atoms with Gasteiger partial charge in [0, 0.05) is 5.38 Å². The predicted molar refractivity (Wildman–Crippen MR) is 42.3 cm³/mol. The second-order valence-electron chi connectivity index (χ2n) is 1.96. The number of thiophene rings is 1. The smallest absolute Gasteiger partial charge is 0.316 e.